The van der Waals surface area contributed by atoms with Crippen LogP contribution in [-0.4, -0.2) is 3.74 Å². The summed E-state index contributed by atoms with van der Waals surface area (Å²) in [5, 5.41) is 0. The molecule has 0 fully saturated rings. The Bertz CT molecular complexity index is 12.4. The van der Waals surface area contributed by atoms with E-state index in [9.17, 15) is 0 Å². The Morgan fingerprint density at radius 3 is 1.40 bits per heavy atom. The van der Waals surface area contributed by atoms with E-state index in [0.29, 0.717) is 3.74 Å². The quantitative estimate of drug-likeness (QED) is 0.443. The molecule has 0 aromatic heterocycles. The molecule has 1 radical (unpaired) electrons. The van der Waals surface area contributed by atoms with E-state index in [2.05, 4.69) is 31.9 Å². The van der Waals surface area contributed by atoms with Gasteiger partial charge in [0, 0.05) is 22.4 Å². The summed E-state index contributed by atoms with van der Waals surface area (Å²) >= 11 is 6.38. The Hall–Kier alpha value is 1.70. The summed E-state index contributed by atoms with van der Waals surface area (Å²) in [4.78, 5) is 0. The summed E-state index contributed by atoms with van der Waals surface area (Å²) in [5.41, 5.74) is 0. The molecule has 0 atom stereocenters. The number of rotatable bonds is 0. The van der Waals surface area contributed by atoms with Crippen molar-refractivity contribution in [1.82, 2.24) is 0 Å². The zero-order chi connectivity index (χ0) is 3.58. The minimum absolute atomic E-state index is 0. The largest absolute Gasteiger partial charge is 0.0768 e. The summed E-state index contributed by atoms with van der Waals surface area (Å²) in [5.74, 6) is 0. The van der Waals surface area contributed by atoms with E-state index in [1.54, 1.807) is 0 Å². The Morgan fingerprint density at radius 2 is 1.40 bits per heavy atom. The first-order valence-corrected chi connectivity index (χ1v) is 2.85. The van der Waals surface area contributed by atoms with Gasteiger partial charge in [0.25, 0.3) is 0 Å². The fourth-order valence-corrected chi connectivity index (χ4v) is 0. The van der Waals surface area contributed by atoms with Crippen molar-refractivity contribution in [3.05, 3.63) is 0 Å². The molecule has 0 aliphatic carbocycles. The summed E-state index contributed by atoms with van der Waals surface area (Å²) in [7, 11) is 0. The van der Waals surface area contributed by atoms with Crippen LogP contribution in [0.15, 0.2) is 0 Å². The molecule has 0 saturated carbocycles. The smallest absolute Gasteiger partial charge is 0.0669 e. The maximum Gasteiger partial charge on any atom is 0.0669 e. The van der Waals surface area contributed by atoms with E-state index in [0.717, 1.165) is 0 Å². The molecule has 0 saturated heterocycles. The molecule has 5 heavy (non-hydrogen) atoms. The van der Waals surface area contributed by atoms with Gasteiger partial charge in [-0.1, -0.05) is 31.9 Å². The number of hydrogen-bond acceptors (Lipinski definition) is 0. The maximum absolute atomic E-state index is 3.19. The fourth-order valence-electron chi connectivity index (χ4n) is 0. The van der Waals surface area contributed by atoms with E-state index >= 15 is 0 Å². The molecule has 0 rings (SSSR count). The minimum atomic E-state index is 0. The molecule has 0 aliphatic rings. The van der Waals surface area contributed by atoms with Gasteiger partial charge in [-0.15, -0.1) is 0 Å². The molecular formula is C2H4AuBr2. The molecule has 0 aromatic carbocycles. The van der Waals surface area contributed by atoms with Crippen molar-refractivity contribution in [2.24, 2.45) is 0 Å². The van der Waals surface area contributed by atoms with Crippen LogP contribution in [0.5, 0.6) is 0 Å². The third-order valence-electron chi connectivity index (χ3n) is 0. The molecule has 0 amide bonds. The average molecular weight is 385 g/mol. The van der Waals surface area contributed by atoms with Gasteiger partial charge >= 0.3 is 0 Å². The van der Waals surface area contributed by atoms with Gasteiger partial charge in [-0.05, 0) is 6.92 Å². The van der Waals surface area contributed by atoms with Crippen molar-refractivity contribution >= 4 is 31.9 Å². The van der Waals surface area contributed by atoms with Crippen LogP contribution in [0.4, 0.5) is 0 Å². The first kappa shape index (κ1) is 9.85. The Labute approximate surface area is 64.5 Å². The van der Waals surface area contributed by atoms with E-state index in [-0.39, 0.29) is 22.4 Å². The van der Waals surface area contributed by atoms with Crippen LogP contribution in [0.2, 0.25) is 0 Å². The third kappa shape index (κ3) is 27.0. The van der Waals surface area contributed by atoms with Crippen molar-refractivity contribution in [2.75, 3.05) is 0 Å². The SMILES string of the molecule is CC(Br)Br.[Au]. The summed E-state index contributed by atoms with van der Waals surface area (Å²) in [6, 6.07) is 0. The van der Waals surface area contributed by atoms with Crippen LogP contribution < -0.4 is 0 Å². The number of hydrogen-bond donors (Lipinski definition) is 0. The summed E-state index contributed by atoms with van der Waals surface area (Å²) in [6.07, 6.45) is 0. The summed E-state index contributed by atoms with van der Waals surface area (Å²) in [6.45, 7) is 2.00. The first-order valence-electron chi connectivity index (χ1n) is 1.01. The van der Waals surface area contributed by atoms with Crippen molar-refractivity contribution in [1.29, 1.82) is 0 Å². The van der Waals surface area contributed by atoms with Crippen molar-refractivity contribution in [2.45, 2.75) is 10.7 Å². The van der Waals surface area contributed by atoms with Crippen molar-refractivity contribution in [3.63, 3.8) is 0 Å². The molecule has 0 bridgehead atoms. The molecule has 37 valence electrons. The molecule has 0 aliphatic heterocycles. The Kier molecular flexibility index (Phi) is 11.2. The summed E-state index contributed by atoms with van der Waals surface area (Å²) < 4.78 is 0.458. The monoisotopic (exact) mass is 383 g/mol. The van der Waals surface area contributed by atoms with Gasteiger partial charge in [0.05, 0.1) is 3.74 Å². The van der Waals surface area contributed by atoms with Gasteiger partial charge in [-0.2, -0.15) is 0 Å². The molecule has 0 aromatic rings. The van der Waals surface area contributed by atoms with Crippen LogP contribution >= 0.6 is 31.9 Å². The molecule has 0 N–H and O–H groups in total. The van der Waals surface area contributed by atoms with E-state index < -0.39 is 0 Å². The van der Waals surface area contributed by atoms with Crippen molar-refractivity contribution < 1.29 is 22.4 Å². The predicted molar refractivity (Wildman–Crippen MR) is 27.3 cm³/mol. The topological polar surface area (TPSA) is 0 Å². The van der Waals surface area contributed by atoms with Crippen molar-refractivity contribution in [3.8, 4) is 0 Å². The molecule has 3 heteroatoms. The second-order valence-electron chi connectivity index (χ2n) is 0.519. The molecule has 0 nitrogen and oxygen atoms in total. The van der Waals surface area contributed by atoms with Crippen LogP contribution in [0.25, 0.3) is 0 Å². The Balaban J connectivity index is 0. The molecule has 0 spiro atoms. The van der Waals surface area contributed by atoms with E-state index in [1.807, 2.05) is 6.92 Å². The minimum Gasteiger partial charge on any atom is -0.0768 e. The van der Waals surface area contributed by atoms with E-state index in [1.165, 1.54) is 0 Å². The standard InChI is InChI=1S/C2H4Br2.Au/c1-2(3)4;/h2H,1H3;. The van der Waals surface area contributed by atoms with Gasteiger partial charge in [-0.3, -0.25) is 0 Å². The Morgan fingerprint density at radius 1 is 1.40 bits per heavy atom. The number of alkyl halides is 2. The van der Waals surface area contributed by atoms with Gasteiger partial charge < -0.3 is 0 Å². The fraction of sp³-hybridized carbons (Fsp3) is 1.00. The van der Waals surface area contributed by atoms with E-state index in [4.69, 9.17) is 0 Å². The average Bonchev–Trinajstić information content (AvgIpc) is 0.811. The van der Waals surface area contributed by atoms with Gasteiger partial charge in [0.1, 0.15) is 0 Å². The molecule has 0 unspecified atom stereocenters. The first-order chi connectivity index (χ1) is 1.73. The van der Waals surface area contributed by atoms with Gasteiger partial charge in [-0.25, -0.2) is 0 Å². The van der Waals surface area contributed by atoms with Crippen LogP contribution in [0.3, 0.4) is 0 Å². The van der Waals surface area contributed by atoms with Gasteiger partial charge in [0.2, 0.25) is 0 Å². The zero-order valence-electron chi connectivity index (χ0n) is 2.63. The van der Waals surface area contributed by atoms with Crippen LogP contribution in [-0.2, 0) is 22.4 Å². The molecule has 0 heterocycles. The second-order valence-corrected chi connectivity index (χ2v) is 4.49. The van der Waals surface area contributed by atoms with Crippen LogP contribution in [0.1, 0.15) is 6.92 Å². The van der Waals surface area contributed by atoms with Crippen LogP contribution in [0, 0.1) is 0 Å². The second kappa shape index (κ2) is 5.70. The molecular weight excluding hydrogens is 381 g/mol. The maximum atomic E-state index is 3.19. The predicted octanol–water partition coefficient (Wildman–Crippen LogP) is 2.12. The normalized spacial score (nSPS) is 7.20. The zero-order valence-corrected chi connectivity index (χ0v) is 7.97. The number of halogens is 2. The third-order valence-corrected chi connectivity index (χ3v) is 0. The van der Waals surface area contributed by atoms with Gasteiger partial charge in [0.15, 0.2) is 0 Å².